The zero-order chi connectivity index (χ0) is 23.5. The second-order valence-electron chi connectivity index (χ2n) is 11.9. The van der Waals surface area contributed by atoms with Crippen LogP contribution in [0.5, 0.6) is 0 Å². The molecule has 2 N–H and O–H groups in total. The molecular weight excluding hydrogens is 422 g/mol. The maximum atomic E-state index is 12.1. The van der Waals surface area contributed by atoms with E-state index in [4.69, 9.17) is 0 Å². The van der Waals surface area contributed by atoms with Gasteiger partial charge in [-0.25, -0.2) is 0 Å². The normalized spacial score (nSPS) is 32.3. The molecule has 1 saturated heterocycles. The fraction of sp³-hybridized carbons (Fsp3) is 0.724. The number of amides is 2. The standard InChI is InChI=1S/C29H43N3O2/c1-32(29-18-21-14-22(19-29)16-23(15-21)20-29)13-6-4-2-3-5-12-30-25-9-7-8-24(17-25)26-10-11-27(33)31-28(26)34/h7-9,17,21-23,26,30H,2-6,10-16,18-20H2,1H3,(H,31,33,34). The Hall–Kier alpha value is -1.88. The Balaban J connectivity index is 0.965. The van der Waals surface area contributed by atoms with E-state index in [0.29, 0.717) is 18.4 Å². The van der Waals surface area contributed by atoms with Crippen LogP contribution in [0.3, 0.4) is 0 Å². The molecule has 186 valence electrons. The maximum Gasteiger partial charge on any atom is 0.234 e. The van der Waals surface area contributed by atoms with Crippen molar-refractivity contribution in [2.75, 3.05) is 25.5 Å². The number of hydrogen-bond donors (Lipinski definition) is 2. The first kappa shape index (κ1) is 23.8. The Bertz CT molecular complexity index is 847. The Morgan fingerprint density at radius 2 is 1.65 bits per heavy atom. The quantitative estimate of drug-likeness (QED) is 0.336. The largest absolute Gasteiger partial charge is 0.385 e. The van der Waals surface area contributed by atoms with Gasteiger partial charge < -0.3 is 10.2 Å². The number of carbonyl (C=O) groups is 2. The summed E-state index contributed by atoms with van der Waals surface area (Å²) < 4.78 is 0. The van der Waals surface area contributed by atoms with Crippen LogP contribution >= 0.6 is 0 Å². The minimum Gasteiger partial charge on any atom is -0.385 e. The molecule has 1 atom stereocenters. The number of nitrogens with zero attached hydrogens (tertiary/aromatic N) is 1. The minimum absolute atomic E-state index is 0.157. The van der Waals surface area contributed by atoms with E-state index in [1.807, 2.05) is 12.1 Å². The average Bonchev–Trinajstić information content (AvgIpc) is 2.80. The van der Waals surface area contributed by atoms with Gasteiger partial charge in [-0.05, 0) is 107 Å². The lowest BCUT2D eigenvalue weighted by molar-refractivity contribution is -0.134. The summed E-state index contributed by atoms with van der Waals surface area (Å²) in [4.78, 5) is 26.3. The molecule has 4 aliphatic carbocycles. The van der Waals surface area contributed by atoms with Gasteiger partial charge in [0.25, 0.3) is 0 Å². The number of nitrogens with one attached hydrogen (secondary N) is 2. The number of anilines is 1. The minimum atomic E-state index is -0.212. The van der Waals surface area contributed by atoms with Gasteiger partial charge in [0.1, 0.15) is 0 Å². The molecule has 6 rings (SSSR count). The highest BCUT2D eigenvalue weighted by Gasteiger charge is 2.52. The molecule has 5 fully saturated rings. The Morgan fingerprint density at radius 1 is 0.971 bits per heavy atom. The van der Waals surface area contributed by atoms with E-state index in [-0.39, 0.29) is 17.7 Å². The molecule has 5 aliphatic rings. The number of piperidine rings is 1. The monoisotopic (exact) mass is 465 g/mol. The fourth-order valence-corrected chi connectivity index (χ4v) is 7.88. The van der Waals surface area contributed by atoms with Gasteiger partial charge in [-0.1, -0.05) is 31.4 Å². The van der Waals surface area contributed by atoms with Crippen molar-refractivity contribution >= 4 is 17.5 Å². The first-order valence-electron chi connectivity index (χ1n) is 13.9. The van der Waals surface area contributed by atoms with Gasteiger partial charge in [-0.2, -0.15) is 0 Å². The van der Waals surface area contributed by atoms with E-state index in [1.54, 1.807) is 0 Å². The van der Waals surface area contributed by atoms with Gasteiger partial charge in [0.2, 0.25) is 11.8 Å². The molecular formula is C29H43N3O2. The van der Waals surface area contributed by atoms with Crippen molar-refractivity contribution in [2.24, 2.45) is 17.8 Å². The van der Waals surface area contributed by atoms with Crippen molar-refractivity contribution in [3.8, 4) is 0 Å². The summed E-state index contributed by atoms with van der Waals surface area (Å²) >= 11 is 0. The second-order valence-corrected chi connectivity index (χ2v) is 11.9. The molecule has 0 aromatic heterocycles. The fourth-order valence-electron chi connectivity index (χ4n) is 7.88. The number of benzene rings is 1. The summed E-state index contributed by atoms with van der Waals surface area (Å²) in [5, 5.41) is 5.99. The summed E-state index contributed by atoms with van der Waals surface area (Å²) in [7, 11) is 2.42. The highest BCUT2D eigenvalue weighted by atomic mass is 16.2. The van der Waals surface area contributed by atoms with E-state index < -0.39 is 0 Å². The predicted molar refractivity (Wildman–Crippen MR) is 137 cm³/mol. The van der Waals surface area contributed by atoms with Crippen molar-refractivity contribution in [2.45, 2.75) is 94.9 Å². The SMILES string of the molecule is CN(CCCCCCCNc1cccc(C2CCC(=O)NC2=O)c1)C12CC3CC(CC(C3)C1)C2. The van der Waals surface area contributed by atoms with E-state index >= 15 is 0 Å². The number of carbonyl (C=O) groups excluding carboxylic acids is 2. The topological polar surface area (TPSA) is 61.4 Å². The van der Waals surface area contributed by atoms with Crippen molar-refractivity contribution in [1.82, 2.24) is 10.2 Å². The number of imide groups is 1. The zero-order valence-corrected chi connectivity index (χ0v) is 21.0. The summed E-state index contributed by atoms with van der Waals surface area (Å²) in [6.45, 7) is 2.24. The van der Waals surface area contributed by atoms with Gasteiger partial charge in [-0.15, -0.1) is 0 Å². The van der Waals surface area contributed by atoms with Crippen LogP contribution in [0.25, 0.3) is 0 Å². The van der Waals surface area contributed by atoms with E-state index in [9.17, 15) is 9.59 Å². The predicted octanol–water partition coefficient (Wildman–Crippen LogP) is 5.47. The Kier molecular flexibility index (Phi) is 7.29. The van der Waals surface area contributed by atoms with Gasteiger partial charge in [0.15, 0.2) is 0 Å². The van der Waals surface area contributed by atoms with E-state index in [2.05, 4.69) is 34.7 Å². The molecule has 1 aromatic rings. The third kappa shape index (κ3) is 5.35. The highest BCUT2D eigenvalue weighted by molar-refractivity contribution is 6.01. The molecule has 5 heteroatoms. The first-order chi connectivity index (χ1) is 16.5. The van der Waals surface area contributed by atoms with Crippen LogP contribution in [0.1, 0.15) is 95.0 Å². The van der Waals surface area contributed by atoms with Crippen molar-refractivity contribution in [1.29, 1.82) is 0 Å². The molecule has 4 saturated carbocycles. The highest BCUT2D eigenvalue weighted by Crippen LogP contribution is 2.57. The summed E-state index contributed by atoms with van der Waals surface area (Å²) in [6, 6.07) is 8.13. The molecule has 0 radical (unpaired) electrons. The second kappa shape index (κ2) is 10.4. The number of rotatable bonds is 11. The van der Waals surface area contributed by atoms with Gasteiger partial charge >= 0.3 is 0 Å². The molecule has 1 aromatic carbocycles. The summed E-state index contributed by atoms with van der Waals surface area (Å²) in [6.07, 6.45) is 16.5. The van der Waals surface area contributed by atoms with Crippen LogP contribution in [0.2, 0.25) is 0 Å². The van der Waals surface area contributed by atoms with Crippen molar-refractivity contribution in [3.63, 3.8) is 0 Å². The van der Waals surface area contributed by atoms with Crippen LogP contribution in [0.15, 0.2) is 24.3 Å². The molecule has 4 bridgehead atoms. The molecule has 1 heterocycles. The molecule has 0 spiro atoms. The molecule has 2 amide bonds. The van der Waals surface area contributed by atoms with Gasteiger partial charge in [0.05, 0.1) is 5.92 Å². The average molecular weight is 466 g/mol. The third-order valence-corrected chi connectivity index (χ3v) is 9.34. The molecule has 5 nitrogen and oxygen atoms in total. The Labute approximate surface area is 205 Å². The Morgan fingerprint density at radius 3 is 2.35 bits per heavy atom. The van der Waals surface area contributed by atoms with Crippen LogP contribution in [-0.2, 0) is 9.59 Å². The molecule has 34 heavy (non-hydrogen) atoms. The van der Waals surface area contributed by atoms with E-state index in [1.165, 1.54) is 77.2 Å². The van der Waals surface area contributed by atoms with Crippen LogP contribution in [0, 0.1) is 17.8 Å². The smallest absolute Gasteiger partial charge is 0.234 e. The van der Waals surface area contributed by atoms with Gasteiger partial charge in [-0.3, -0.25) is 14.9 Å². The number of unbranched alkanes of at least 4 members (excludes halogenated alkanes) is 4. The van der Waals surface area contributed by atoms with E-state index in [0.717, 1.165) is 35.5 Å². The third-order valence-electron chi connectivity index (χ3n) is 9.34. The van der Waals surface area contributed by atoms with Crippen molar-refractivity contribution < 1.29 is 9.59 Å². The van der Waals surface area contributed by atoms with Gasteiger partial charge in [0, 0.05) is 24.2 Å². The first-order valence-corrected chi connectivity index (χ1v) is 13.9. The lowest BCUT2D eigenvalue weighted by Gasteiger charge is -2.60. The maximum absolute atomic E-state index is 12.1. The van der Waals surface area contributed by atoms with Crippen LogP contribution < -0.4 is 10.6 Å². The van der Waals surface area contributed by atoms with Crippen molar-refractivity contribution in [3.05, 3.63) is 29.8 Å². The van der Waals surface area contributed by atoms with Crippen LogP contribution in [0.4, 0.5) is 5.69 Å². The summed E-state index contributed by atoms with van der Waals surface area (Å²) in [5.74, 6) is 2.57. The summed E-state index contributed by atoms with van der Waals surface area (Å²) in [5.41, 5.74) is 2.62. The lowest BCUT2D eigenvalue weighted by Crippen LogP contribution is -2.58. The molecule has 1 unspecified atom stereocenters. The van der Waals surface area contributed by atoms with Crippen LogP contribution in [-0.4, -0.2) is 42.4 Å². The molecule has 1 aliphatic heterocycles. The lowest BCUT2D eigenvalue weighted by atomic mass is 9.52. The zero-order valence-electron chi connectivity index (χ0n) is 21.0. The number of hydrogen-bond acceptors (Lipinski definition) is 4.